The number of aliphatic hydroxyl groups is 1. The second kappa shape index (κ2) is 18.0. The van der Waals surface area contributed by atoms with Gasteiger partial charge in [0.25, 0.3) is 11.8 Å². The van der Waals surface area contributed by atoms with E-state index >= 15 is 0 Å². The zero-order chi connectivity index (χ0) is 35.9. The fourth-order valence-electron chi connectivity index (χ4n) is 6.84. The van der Waals surface area contributed by atoms with Crippen molar-refractivity contribution < 1.29 is 29.1 Å². The average molecular weight is 730 g/mol. The first-order chi connectivity index (χ1) is 24.8. The third-order valence-corrected chi connectivity index (χ3v) is 11.3. The summed E-state index contributed by atoms with van der Waals surface area (Å²) < 4.78 is 22.2. The van der Waals surface area contributed by atoms with Crippen LogP contribution in [0.5, 0.6) is 0 Å². The van der Waals surface area contributed by atoms with Crippen molar-refractivity contribution >= 4 is 22.8 Å². The Morgan fingerprint density at radius 1 is 0.923 bits per heavy atom. The van der Waals surface area contributed by atoms with Crippen LogP contribution in [-0.4, -0.2) is 103 Å². The molecule has 6 rings (SSSR count). The Hall–Kier alpha value is -4.20. The molecule has 0 saturated carbocycles. The van der Waals surface area contributed by atoms with Gasteiger partial charge >= 0.3 is 0 Å². The van der Waals surface area contributed by atoms with E-state index < -0.39 is 11.0 Å². The van der Waals surface area contributed by atoms with E-state index in [9.17, 15) is 18.9 Å². The number of carbonyl (C=O) groups excluding carboxylic acids is 2. The Morgan fingerprint density at radius 3 is 2.23 bits per heavy atom. The molecule has 2 aliphatic heterocycles. The van der Waals surface area contributed by atoms with Crippen LogP contribution in [0, 0.1) is 6.92 Å². The van der Waals surface area contributed by atoms with Crippen molar-refractivity contribution in [2.45, 2.75) is 70.4 Å². The van der Waals surface area contributed by atoms with Crippen molar-refractivity contribution in [1.82, 2.24) is 23.9 Å². The summed E-state index contributed by atoms with van der Waals surface area (Å²) in [5, 5.41) is 15.3. The molecule has 2 aliphatic rings. The molecule has 2 amide bonds. The van der Waals surface area contributed by atoms with Gasteiger partial charge in [-0.1, -0.05) is 69.2 Å². The number of ether oxygens (including phenoxy) is 1. The van der Waals surface area contributed by atoms with Gasteiger partial charge in [0.2, 0.25) is 0 Å². The lowest BCUT2D eigenvalue weighted by molar-refractivity contribution is 0.0544. The molecule has 1 unspecified atom stereocenters. The van der Waals surface area contributed by atoms with Crippen molar-refractivity contribution in [1.29, 1.82) is 0 Å². The van der Waals surface area contributed by atoms with E-state index in [4.69, 9.17) is 9.84 Å². The monoisotopic (exact) mass is 729 g/mol. The molecule has 3 aromatic carbocycles. The van der Waals surface area contributed by atoms with Crippen LogP contribution < -0.4 is 0 Å². The molecule has 0 spiro atoms. The maximum atomic E-state index is 14.7. The number of benzene rings is 3. The summed E-state index contributed by atoms with van der Waals surface area (Å²) >= 11 is 0. The highest BCUT2D eigenvalue weighted by Crippen LogP contribution is 2.31. The van der Waals surface area contributed by atoms with Gasteiger partial charge in [0, 0.05) is 38.4 Å². The van der Waals surface area contributed by atoms with Gasteiger partial charge in [0.15, 0.2) is 5.69 Å². The SMILES string of the molecule is CCCCN(CCCC)C(=O)c1cc(C)n(-c2ccc(-c3ccc(S(=O)N4CCOCC4)cc3)cc2C(=O)N2Cc3ccccc3C[C@H]2CO)n1.O. The molecule has 12 heteroatoms. The number of carbonyl (C=O) groups is 2. The fourth-order valence-corrected chi connectivity index (χ4v) is 7.99. The van der Waals surface area contributed by atoms with Crippen LogP contribution in [0.3, 0.4) is 0 Å². The van der Waals surface area contributed by atoms with Crippen LogP contribution >= 0.6 is 0 Å². The highest BCUT2D eigenvalue weighted by atomic mass is 32.2. The molecule has 11 nitrogen and oxygen atoms in total. The van der Waals surface area contributed by atoms with Crippen molar-refractivity contribution in [2.75, 3.05) is 46.0 Å². The smallest absolute Gasteiger partial charge is 0.274 e. The summed E-state index contributed by atoms with van der Waals surface area (Å²) in [7, 11) is -1.29. The number of morpholine rings is 1. The normalized spacial score (nSPS) is 16.5. The Bertz CT molecular complexity index is 1850. The zero-order valence-corrected chi connectivity index (χ0v) is 31.2. The summed E-state index contributed by atoms with van der Waals surface area (Å²) in [5.74, 6) is -0.327. The molecule has 278 valence electrons. The molecule has 1 fully saturated rings. The Labute approximate surface area is 309 Å². The highest BCUT2D eigenvalue weighted by molar-refractivity contribution is 7.82. The quantitative estimate of drug-likeness (QED) is 0.206. The number of fused-ring (bicyclic) bond motifs is 1. The van der Waals surface area contributed by atoms with E-state index in [1.165, 1.54) is 0 Å². The molecule has 3 heterocycles. The second-order valence-corrected chi connectivity index (χ2v) is 14.9. The lowest BCUT2D eigenvalue weighted by atomic mass is 9.93. The number of amides is 2. The predicted molar refractivity (Wildman–Crippen MR) is 203 cm³/mol. The number of rotatable bonds is 13. The standard InChI is InChI=1S/C40H49N5O5S.H2O/c1-4-6-18-42(19-7-5-2)40(48)37-24-29(3)45(41-37)38-17-14-32(30-12-15-35(16-13-30)51(49)43-20-22-50-23-21-43)26-36(38)39(47)44-27-33-11-9-8-10-31(33)25-34(44)28-46;/h8-17,24,26,34,46H,4-7,18-23,25,27-28H2,1-3H3;1H2/t34-,51?;/m0./s1. The van der Waals surface area contributed by atoms with Crippen molar-refractivity contribution in [3.63, 3.8) is 0 Å². The Kier molecular flexibility index (Phi) is 13.5. The van der Waals surface area contributed by atoms with E-state index in [2.05, 4.69) is 19.9 Å². The molecule has 0 aliphatic carbocycles. The van der Waals surface area contributed by atoms with Gasteiger partial charge in [-0.3, -0.25) is 9.59 Å². The maximum absolute atomic E-state index is 14.7. The molecular weight excluding hydrogens is 679 g/mol. The fraction of sp³-hybridized carbons (Fsp3) is 0.425. The van der Waals surface area contributed by atoms with Crippen LogP contribution in [0.4, 0.5) is 0 Å². The number of aryl methyl sites for hydroxylation is 1. The number of aromatic nitrogens is 2. The van der Waals surface area contributed by atoms with E-state index in [-0.39, 0.29) is 29.9 Å². The van der Waals surface area contributed by atoms with Gasteiger partial charge in [-0.2, -0.15) is 5.10 Å². The first-order valence-electron chi connectivity index (χ1n) is 18.2. The number of hydrogen-bond donors (Lipinski definition) is 1. The molecule has 4 aromatic rings. The van der Waals surface area contributed by atoms with Crippen molar-refractivity contribution in [2.24, 2.45) is 0 Å². The maximum Gasteiger partial charge on any atom is 0.274 e. The largest absolute Gasteiger partial charge is 0.412 e. The Morgan fingerprint density at radius 2 is 1.58 bits per heavy atom. The van der Waals surface area contributed by atoms with Gasteiger partial charge in [-0.25, -0.2) is 13.2 Å². The van der Waals surface area contributed by atoms with E-state index in [0.29, 0.717) is 74.2 Å². The summed E-state index contributed by atoms with van der Waals surface area (Å²) in [6, 6.07) is 22.8. The zero-order valence-electron chi connectivity index (χ0n) is 30.4. The van der Waals surface area contributed by atoms with E-state index in [1.807, 2.05) is 76.8 Å². The van der Waals surface area contributed by atoms with Crippen LogP contribution in [0.25, 0.3) is 16.8 Å². The van der Waals surface area contributed by atoms with Crippen molar-refractivity contribution in [3.05, 3.63) is 101 Å². The van der Waals surface area contributed by atoms with Gasteiger partial charge in [-0.15, -0.1) is 0 Å². The number of aliphatic hydroxyl groups excluding tert-OH is 1. The van der Waals surface area contributed by atoms with Gasteiger partial charge in [0.1, 0.15) is 11.0 Å². The number of unbranched alkanes of at least 4 members (excludes halogenated alkanes) is 2. The van der Waals surface area contributed by atoms with Crippen LogP contribution in [0.1, 0.15) is 77.2 Å². The van der Waals surface area contributed by atoms with Crippen molar-refractivity contribution in [3.8, 4) is 16.8 Å². The molecule has 0 bridgehead atoms. The summed E-state index contributed by atoms with van der Waals surface area (Å²) in [6.45, 7) is 10.1. The molecule has 1 aromatic heterocycles. The lowest BCUT2D eigenvalue weighted by Gasteiger charge is -2.36. The minimum absolute atomic E-state index is 0. The molecule has 1 saturated heterocycles. The number of hydrogen-bond acceptors (Lipinski definition) is 6. The predicted octanol–water partition coefficient (Wildman–Crippen LogP) is 4.98. The molecular formula is C40H51N5O6S. The average Bonchev–Trinajstić information content (AvgIpc) is 3.57. The minimum Gasteiger partial charge on any atom is -0.412 e. The minimum atomic E-state index is -1.29. The first-order valence-corrected chi connectivity index (χ1v) is 19.3. The summed E-state index contributed by atoms with van der Waals surface area (Å²) in [5.41, 5.74) is 5.95. The summed E-state index contributed by atoms with van der Waals surface area (Å²) in [6.07, 6.45) is 4.38. The van der Waals surface area contributed by atoms with Crippen LogP contribution in [0.15, 0.2) is 77.7 Å². The van der Waals surface area contributed by atoms with Gasteiger partial charge < -0.3 is 25.1 Å². The Balaban J connectivity index is 0.00000523. The molecule has 2 atom stereocenters. The third kappa shape index (κ3) is 8.53. The molecule has 0 radical (unpaired) electrons. The topological polar surface area (TPSA) is 140 Å². The first kappa shape index (κ1) is 39.0. The van der Waals surface area contributed by atoms with Crippen LogP contribution in [-0.2, 0) is 28.7 Å². The molecule has 3 N–H and O–H groups in total. The second-order valence-electron chi connectivity index (χ2n) is 13.4. The van der Waals surface area contributed by atoms with Gasteiger partial charge in [-0.05, 0) is 78.8 Å². The van der Waals surface area contributed by atoms with E-state index in [0.717, 1.165) is 53.6 Å². The third-order valence-electron chi connectivity index (χ3n) is 9.83. The van der Waals surface area contributed by atoms with Gasteiger partial charge in [0.05, 0.1) is 42.0 Å². The number of nitrogens with zero attached hydrogens (tertiary/aromatic N) is 5. The summed E-state index contributed by atoms with van der Waals surface area (Å²) in [4.78, 5) is 32.8. The molecule has 52 heavy (non-hydrogen) atoms. The lowest BCUT2D eigenvalue weighted by Crippen LogP contribution is -2.46. The van der Waals surface area contributed by atoms with Crippen LogP contribution in [0.2, 0.25) is 0 Å². The highest BCUT2D eigenvalue weighted by Gasteiger charge is 2.32. The van der Waals surface area contributed by atoms with E-state index in [1.54, 1.807) is 15.6 Å².